The van der Waals surface area contributed by atoms with Gasteiger partial charge in [-0.2, -0.15) is 4.31 Å². The zero-order valence-electron chi connectivity index (χ0n) is 8.78. The molecule has 2 saturated heterocycles. The molecule has 2 heterocycles. The van der Waals surface area contributed by atoms with E-state index in [-0.39, 0.29) is 11.6 Å². The maximum atomic E-state index is 11.7. The number of nitrogens with zero attached hydrogens (tertiary/aromatic N) is 1. The van der Waals surface area contributed by atoms with Gasteiger partial charge in [0.25, 0.3) is 0 Å². The Kier molecular flexibility index (Phi) is 2.36. The first-order chi connectivity index (χ1) is 6.43. The first-order valence-corrected chi connectivity index (χ1v) is 6.79. The van der Waals surface area contributed by atoms with Crippen molar-refractivity contribution >= 4 is 10.0 Å². The minimum absolute atomic E-state index is 0.0720. The molecule has 0 aliphatic carbocycles. The average Bonchev–Trinajstić information content (AvgIpc) is 2.53. The van der Waals surface area contributed by atoms with Crippen LogP contribution >= 0.6 is 0 Å². The second-order valence-corrected chi connectivity index (χ2v) is 6.77. The van der Waals surface area contributed by atoms with E-state index in [1.54, 1.807) is 4.31 Å². The molecule has 0 amide bonds. The molecule has 0 aromatic heterocycles. The molecule has 1 N–H and O–H groups in total. The van der Waals surface area contributed by atoms with Gasteiger partial charge in [-0.3, -0.25) is 0 Å². The topological polar surface area (TPSA) is 49.4 Å². The predicted molar refractivity (Wildman–Crippen MR) is 55.6 cm³/mol. The summed E-state index contributed by atoms with van der Waals surface area (Å²) in [7, 11) is -2.95. The van der Waals surface area contributed by atoms with Crippen molar-refractivity contribution in [2.24, 2.45) is 0 Å². The van der Waals surface area contributed by atoms with Crippen molar-refractivity contribution in [1.82, 2.24) is 9.62 Å². The lowest BCUT2D eigenvalue weighted by Crippen LogP contribution is -2.51. The third-order valence-corrected chi connectivity index (χ3v) is 5.27. The smallest absolute Gasteiger partial charge is 0.214 e. The van der Waals surface area contributed by atoms with Gasteiger partial charge in [-0.1, -0.05) is 0 Å². The summed E-state index contributed by atoms with van der Waals surface area (Å²) in [6.07, 6.45) is 1.72. The monoisotopic (exact) mass is 218 g/mol. The lowest BCUT2D eigenvalue weighted by atomic mass is 9.97. The van der Waals surface area contributed by atoms with Crippen LogP contribution < -0.4 is 5.32 Å². The summed E-state index contributed by atoms with van der Waals surface area (Å²) in [5.74, 6) is 0.333. The van der Waals surface area contributed by atoms with Crippen LogP contribution in [0.2, 0.25) is 0 Å². The second-order valence-electron chi connectivity index (χ2n) is 4.73. The Labute approximate surface area is 85.7 Å². The Balaban J connectivity index is 2.23. The van der Waals surface area contributed by atoms with Crippen LogP contribution in [-0.2, 0) is 10.0 Å². The van der Waals surface area contributed by atoms with Gasteiger partial charge in [0.2, 0.25) is 10.0 Å². The first-order valence-electron chi connectivity index (χ1n) is 5.18. The minimum atomic E-state index is -2.95. The van der Waals surface area contributed by atoms with E-state index in [0.29, 0.717) is 12.3 Å². The molecule has 2 aliphatic heterocycles. The average molecular weight is 218 g/mol. The van der Waals surface area contributed by atoms with E-state index in [1.807, 2.05) is 0 Å². The summed E-state index contributed by atoms with van der Waals surface area (Å²) >= 11 is 0. The molecule has 2 rings (SSSR count). The lowest BCUT2D eigenvalue weighted by Gasteiger charge is -2.33. The molecular weight excluding hydrogens is 200 g/mol. The van der Waals surface area contributed by atoms with Crippen LogP contribution in [0, 0.1) is 0 Å². The zero-order valence-corrected chi connectivity index (χ0v) is 9.60. The molecule has 0 saturated carbocycles. The summed E-state index contributed by atoms with van der Waals surface area (Å²) in [6, 6.07) is 0.148. The van der Waals surface area contributed by atoms with Gasteiger partial charge in [0.05, 0.1) is 5.75 Å². The number of hydrogen-bond donors (Lipinski definition) is 1. The van der Waals surface area contributed by atoms with Crippen molar-refractivity contribution in [3.05, 3.63) is 0 Å². The fraction of sp³-hybridized carbons (Fsp3) is 1.00. The Morgan fingerprint density at radius 1 is 1.43 bits per heavy atom. The molecule has 82 valence electrons. The van der Waals surface area contributed by atoms with Gasteiger partial charge >= 0.3 is 0 Å². The maximum absolute atomic E-state index is 11.7. The predicted octanol–water partition coefficient (Wildman–Crippen LogP) is 0.162. The van der Waals surface area contributed by atoms with E-state index in [0.717, 1.165) is 19.4 Å². The molecule has 0 aromatic carbocycles. The number of hydrogen-bond acceptors (Lipinski definition) is 3. The Morgan fingerprint density at radius 3 is 2.57 bits per heavy atom. The van der Waals surface area contributed by atoms with Crippen molar-refractivity contribution in [3.8, 4) is 0 Å². The van der Waals surface area contributed by atoms with Crippen molar-refractivity contribution < 1.29 is 8.42 Å². The normalized spacial score (nSPS) is 36.3. The molecule has 1 unspecified atom stereocenters. The molecule has 4 nitrogen and oxygen atoms in total. The highest BCUT2D eigenvalue weighted by molar-refractivity contribution is 7.89. The van der Waals surface area contributed by atoms with Gasteiger partial charge in [-0.15, -0.1) is 0 Å². The van der Waals surface area contributed by atoms with Crippen molar-refractivity contribution in [1.29, 1.82) is 0 Å². The third-order valence-electron chi connectivity index (χ3n) is 3.32. The quantitative estimate of drug-likeness (QED) is 0.682. The van der Waals surface area contributed by atoms with Crippen LogP contribution in [-0.4, -0.2) is 43.1 Å². The molecule has 5 heteroatoms. The Hall–Kier alpha value is -0.130. The van der Waals surface area contributed by atoms with Gasteiger partial charge in [0, 0.05) is 18.1 Å². The fourth-order valence-corrected chi connectivity index (χ4v) is 4.41. The molecule has 0 aromatic rings. The second kappa shape index (κ2) is 3.18. The number of rotatable bonds is 1. The van der Waals surface area contributed by atoms with Crippen molar-refractivity contribution in [2.45, 2.75) is 38.3 Å². The minimum Gasteiger partial charge on any atom is -0.310 e. The molecule has 0 radical (unpaired) electrons. The molecule has 14 heavy (non-hydrogen) atoms. The summed E-state index contributed by atoms with van der Waals surface area (Å²) in [4.78, 5) is 0. The van der Waals surface area contributed by atoms with E-state index in [4.69, 9.17) is 0 Å². The van der Waals surface area contributed by atoms with Crippen LogP contribution in [0.3, 0.4) is 0 Å². The Bertz CT molecular complexity index is 324. The maximum Gasteiger partial charge on any atom is 0.214 e. The van der Waals surface area contributed by atoms with E-state index < -0.39 is 10.0 Å². The number of nitrogens with one attached hydrogen (secondary N) is 1. The molecule has 0 bridgehead atoms. The summed E-state index contributed by atoms with van der Waals surface area (Å²) in [6.45, 7) is 5.79. The van der Waals surface area contributed by atoms with E-state index in [9.17, 15) is 8.42 Å². The van der Waals surface area contributed by atoms with E-state index in [2.05, 4.69) is 19.2 Å². The first kappa shape index (κ1) is 10.4. The standard InChI is InChI=1S/C9H18N2O2S/c1-9(2)8(4-5-10-9)11-6-3-7-14(11,12)13/h8,10H,3-7H2,1-2H3. The highest BCUT2D eigenvalue weighted by atomic mass is 32.2. The van der Waals surface area contributed by atoms with Crippen LogP contribution in [0.1, 0.15) is 26.7 Å². The highest BCUT2D eigenvalue weighted by Crippen LogP contribution is 2.29. The van der Waals surface area contributed by atoms with Gasteiger partial charge in [0.15, 0.2) is 0 Å². The van der Waals surface area contributed by atoms with Crippen molar-refractivity contribution in [2.75, 3.05) is 18.8 Å². The van der Waals surface area contributed by atoms with E-state index in [1.165, 1.54) is 0 Å². The van der Waals surface area contributed by atoms with Gasteiger partial charge in [-0.25, -0.2) is 8.42 Å². The van der Waals surface area contributed by atoms with Gasteiger partial charge < -0.3 is 5.32 Å². The Morgan fingerprint density at radius 2 is 2.14 bits per heavy atom. The molecule has 1 atom stereocenters. The summed E-state index contributed by atoms with van der Waals surface area (Å²) in [5.41, 5.74) is -0.0720. The largest absolute Gasteiger partial charge is 0.310 e. The highest BCUT2D eigenvalue weighted by Gasteiger charge is 2.44. The van der Waals surface area contributed by atoms with Gasteiger partial charge in [-0.05, 0) is 33.2 Å². The molecule has 0 spiro atoms. The molecular formula is C9H18N2O2S. The van der Waals surface area contributed by atoms with Crippen LogP contribution in [0.15, 0.2) is 0 Å². The SMILES string of the molecule is CC1(C)NCCC1N1CCCS1(=O)=O. The van der Waals surface area contributed by atoms with Gasteiger partial charge in [0.1, 0.15) is 0 Å². The van der Waals surface area contributed by atoms with Crippen molar-refractivity contribution in [3.63, 3.8) is 0 Å². The zero-order chi connectivity index (χ0) is 10.4. The number of sulfonamides is 1. The van der Waals surface area contributed by atoms with Crippen LogP contribution in [0.4, 0.5) is 0 Å². The molecule has 2 aliphatic rings. The summed E-state index contributed by atoms with van der Waals surface area (Å²) in [5, 5.41) is 3.35. The van der Waals surface area contributed by atoms with Crippen LogP contribution in [0.5, 0.6) is 0 Å². The molecule has 2 fully saturated rings. The lowest BCUT2D eigenvalue weighted by molar-refractivity contribution is 0.253. The van der Waals surface area contributed by atoms with Crippen LogP contribution in [0.25, 0.3) is 0 Å². The summed E-state index contributed by atoms with van der Waals surface area (Å²) < 4.78 is 25.2. The third kappa shape index (κ3) is 1.57. The van der Waals surface area contributed by atoms with E-state index >= 15 is 0 Å². The fourth-order valence-electron chi connectivity index (χ4n) is 2.52.